The van der Waals surface area contributed by atoms with E-state index in [1.165, 1.54) is 0 Å². The fourth-order valence-electron chi connectivity index (χ4n) is 3.56. The Labute approximate surface area is 139 Å². The number of aromatic nitrogens is 2. The molecule has 0 saturated heterocycles. The molecule has 1 saturated carbocycles. The number of nitrogens with zero attached hydrogens (tertiary/aromatic N) is 2. The minimum Gasteiger partial charge on any atom is -0.311 e. The van der Waals surface area contributed by atoms with Crippen LogP contribution < -0.4 is 5.56 Å². The van der Waals surface area contributed by atoms with Crippen molar-refractivity contribution in [1.29, 1.82) is 0 Å². The maximum Gasteiger partial charge on any atom is 0.258 e. The molecule has 3 heteroatoms. The molecule has 0 aliphatic heterocycles. The highest BCUT2D eigenvalue weighted by molar-refractivity contribution is 5.81. The average Bonchev–Trinajstić information content (AvgIpc) is 3.42. The molecule has 116 valence electrons. The summed E-state index contributed by atoms with van der Waals surface area (Å²) in [7, 11) is 0. The molecule has 0 amide bonds. The topological polar surface area (TPSA) is 34.9 Å². The third kappa shape index (κ3) is 2.05. The molecule has 0 N–H and O–H groups in total. The molecule has 1 aliphatic carbocycles. The summed E-state index contributed by atoms with van der Waals surface area (Å²) in [4.78, 5) is 17.5. The Balaban J connectivity index is 1.53. The van der Waals surface area contributed by atoms with Crippen LogP contribution in [0.4, 0.5) is 0 Å². The summed E-state index contributed by atoms with van der Waals surface area (Å²) in [6.45, 7) is 0. The van der Waals surface area contributed by atoms with E-state index in [0.717, 1.165) is 33.8 Å². The quantitative estimate of drug-likeness (QED) is 0.554. The van der Waals surface area contributed by atoms with Gasteiger partial charge in [-0.1, -0.05) is 42.5 Å². The lowest BCUT2D eigenvalue weighted by atomic mass is 10.1. The van der Waals surface area contributed by atoms with Crippen LogP contribution in [-0.4, -0.2) is 9.55 Å². The Bertz CT molecular complexity index is 1130. The summed E-state index contributed by atoms with van der Waals surface area (Å²) in [6, 6.07) is 22.4. The van der Waals surface area contributed by atoms with Crippen molar-refractivity contribution in [3.8, 4) is 0 Å². The number of pyridine rings is 2. The zero-order valence-corrected chi connectivity index (χ0v) is 13.1. The Morgan fingerprint density at radius 3 is 2.58 bits per heavy atom. The molecule has 2 aromatic carbocycles. The van der Waals surface area contributed by atoms with Gasteiger partial charge in [-0.2, -0.15) is 0 Å². The molecule has 0 radical (unpaired) electrons. The zero-order chi connectivity index (χ0) is 16.1. The molecule has 24 heavy (non-hydrogen) atoms. The van der Waals surface area contributed by atoms with Crippen molar-refractivity contribution >= 4 is 21.7 Å². The van der Waals surface area contributed by atoms with Crippen LogP contribution in [0.3, 0.4) is 0 Å². The lowest BCUT2D eigenvalue weighted by molar-refractivity contribution is 0.688. The standard InChI is InChI=1S/C21H16N2O/c24-21-16-7-3-1-5-14(16)11-12-23(21)20-13-17(20)19-10-9-15-6-2-4-8-18(15)22-19/h1-12,17,20H,13H2. The van der Waals surface area contributed by atoms with Gasteiger partial charge in [0.05, 0.1) is 5.52 Å². The van der Waals surface area contributed by atoms with Gasteiger partial charge < -0.3 is 4.57 Å². The number of rotatable bonds is 2. The van der Waals surface area contributed by atoms with Crippen LogP contribution in [0.15, 0.2) is 77.7 Å². The third-order valence-electron chi connectivity index (χ3n) is 4.95. The van der Waals surface area contributed by atoms with Gasteiger partial charge in [0.25, 0.3) is 5.56 Å². The minimum absolute atomic E-state index is 0.0985. The maximum atomic E-state index is 12.7. The van der Waals surface area contributed by atoms with Gasteiger partial charge in [0.1, 0.15) is 0 Å². The molecule has 2 heterocycles. The van der Waals surface area contributed by atoms with Gasteiger partial charge in [0, 0.05) is 34.6 Å². The van der Waals surface area contributed by atoms with Crippen molar-refractivity contribution in [2.24, 2.45) is 0 Å². The van der Waals surface area contributed by atoms with Crippen LogP contribution in [0.25, 0.3) is 21.7 Å². The van der Waals surface area contributed by atoms with E-state index in [1.807, 2.05) is 59.3 Å². The van der Waals surface area contributed by atoms with Gasteiger partial charge in [-0.15, -0.1) is 0 Å². The van der Waals surface area contributed by atoms with Crippen LogP contribution in [-0.2, 0) is 0 Å². The summed E-state index contributed by atoms with van der Waals surface area (Å²) in [5.41, 5.74) is 2.20. The maximum absolute atomic E-state index is 12.7. The Morgan fingerprint density at radius 2 is 1.67 bits per heavy atom. The van der Waals surface area contributed by atoms with E-state index >= 15 is 0 Å². The molecule has 1 aliphatic rings. The predicted molar refractivity (Wildman–Crippen MR) is 96.3 cm³/mol. The van der Waals surface area contributed by atoms with Crippen LogP contribution in [0, 0.1) is 0 Å². The summed E-state index contributed by atoms with van der Waals surface area (Å²) in [5.74, 6) is 0.327. The first-order chi connectivity index (χ1) is 11.8. The number of benzene rings is 2. The lowest BCUT2D eigenvalue weighted by Crippen LogP contribution is -2.18. The van der Waals surface area contributed by atoms with Crippen LogP contribution in [0.5, 0.6) is 0 Å². The molecule has 2 unspecified atom stereocenters. The SMILES string of the molecule is O=c1c2ccccc2ccn1C1CC1c1ccc2ccccc2n1. The van der Waals surface area contributed by atoms with Gasteiger partial charge in [0.15, 0.2) is 0 Å². The monoisotopic (exact) mass is 312 g/mol. The molecule has 5 rings (SSSR count). The van der Waals surface area contributed by atoms with Crippen molar-refractivity contribution in [2.45, 2.75) is 18.4 Å². The molecule has 2 atom stereocenters. The first-order valence-electron chi connectivity index (χ1n) is 8.27. The van der Waals surface area contributed by atoms with Gasteiger partial charge in [-0.3, -0.25) is 9.78 Å². The first-order valence-corrected chi connectivity index (χ1v) is 8.27. The second kappa shape index (κ2) is 5.03. The van der Waals surface area contributed by atoms with E-state index in [2.05, 4.69) is 18.2 Å². The molecule has 0 bridgehead atoms. The lowest BCUT2D eigenvalue weighted by Gasteiger charge is -2.07. The molecule has 0 spiro atoms. The van der Waals surface area contributed by atoms with E-state index < -0.39 is 0 Å². The van der Waals surface area contributed by atoms with E-state index in [0.29, 0.717) is 5.92 Å². The van der Waals surface area contributed by atoms with E-state index in [4.69, 9.17) is 4.98 Å². The minimum atomic E-state index is 0.0985. The number of fused-ring (bicyclic) bond motifs is 2. The van der Waals surface area contributed by atoms with Crippen molar-refractivity contribution in [1.82, 2.24) is 9.55 Å². The van der Waals surface area contributed by atoms with Gasteiger partial charge in [0.2, 0.25) is 0 Å². The second-order valence-electron chi connectivity index (χ2n) is 6.45. The summed E-state index contributed by atoms with van der Waals surface area (Å²) in [6.07, 6.45) is 2.90. The van der Waals surface area contributed by atoms with Gasteiger partial charge in [-0.05, 0) is 36.1 Å². The summed E-state index contributed by atoms with van der Waals surface area (Å²) < 4.78 is 1.88. The molecule has 4 aromatic rings. The van der Waals surface area contributed by atoms with Crippen molar-refractivity contribution in [3.05, 3.63) is 89.0 Å². The smallest absolute Gasteiger partial charge is 0.258 e. The second-order valence-corrected chi connectivity index (χ2v) is 6.45. The summed E-state index contributed by atoms with van der Waals surface area (Å²) in [5, 5.41) is 2.94. The zero-order valence-electron chi connectivity index (χ0n) is 13.1. The van der Waals surface area contributed by atoms with Gasteiger partial charge >= 0.3 is 0 Å². The first kappa shape index (κ1) is 13.5. The highest BCUT2D eigenvalue weighted by atomic mass is 16.1. The van der Waals surface area contributed by atoms with Crippen LogP contribution in [0.1, 0.15) is 24.1 Å². The van der Waals surface area contributed by atoms with E-state index in [1.54, 1.807) is 0 Å². The van der Waals surface area contributed by atoms with E-state index in [9.17, 15) is 4.79 Å². The van der Waals surface area contributed by atoms with Crippen LogP contribution in [0.2, 0.25) is 0 Å². The number of hydrogen-bond acceptors (Lipinski definition) is 2. The third-order valence-corrected chi connectivity index (χ3v) is 4.95. The molecular formula is C21H16N2O. The Hall–Kier alpha value is -2.94. The molecular weight excluding hydrogens is 296 g/mol. The Kier molecular flexibility index (Phi) is 2.83. The van der Waals surface area contributed by atoms with Crippen molar-refractivity contribution in [2.75, 3.05) is 0 Å². The molecule has 2 aromatic heterocycles. The number of hydrogen-bond donors (Lipinski definition) is 0. The van der Waals surface area contributed by atoms with E-state index in [-0.39, 0.29) is 11.6 Å². The fourth-order valence-corrected chi connectivity index (χ4v) is 3.56. The molecule has 1 fully saturated rings. The average molecular weight is 312 g/mol. The van der Waals surface area contributed by atoms with Crippen LogP contribution >= 0.6 is 0 Å². The largest absolute Gasteiger partial charge is 0.311 e. The van der Waals surface area contributed by atoms with Crippen molar-refractivity contribution < 1.29 is 0 Å². The summed E-state index contributed by atoms with van der Waals surface area (Å²) >= 11 is 0. The van der Waals surface area contributed by atoms with Gasteiger partial charge in [-0.25, -0.2) is 0 Å². The number of para-hydroxylation sites is 1. The highest BCUT2D eigenvalue weighted by Crippen LogP contribution is 2.50. The highest BCUT2D eigenvalue weighted by Gasteiger charge is 2.41. The fraction of sp³-hybridized carbons (Fsp3) is 0.143. The Morgan fingerprint density at radius 1 is 0.875 bits per heavy atom. The molecule has 3 nitrogen and oxygen atoms in total. The van der Waals surface area contributed by atoms with Crippen molar-refractivity contribution in [3.63, 3.8) is 0 Å². The normalized spacial score (nSPS) is 19.7. The predicted octanol–water partition coefficient (Wildman–Crippen LogP) is 4.28.